The summed E-state index contributed by atoms with van der Waals surface area (Å²) >= 11 is 6.14. The topological polar surface area (TPSA) is 207 Å². The van der Waals surface area contributed by atoms with Crippen molar-refractivity contribution in [2.24, 2.45) is 22.9 Å². The summed E-state index contributed by atoms with van der Waals surface area (Å²) in [6.45, 7) is 4.04. The number of hydrogen-bond acceptors (Lipinski definition) is 15. The van der Waals surface area contributed by atoms with Crippen LogP contribution in [0.15, 0.2) is 108 Å². The zero-order valence-electron chi connectivity index (χ0n) is 39.5. The molecular formula is C53H58ClN3O14. The second-order valence-electron chi connectivity index (χ2n) is 17.7. The average Bonchev–Trinajstić information content (AvgIpc) is 3.86. The molecule has 1 fully saturated rings. The summed E-state index contributed by atoms with van der Waals surface area (Å²) in [7, 11) is 1.49. The molecule has 0 spiro atoms. The molecule has 376 valence electrons. The number of carbonyl (C=O) groups is 2. The van der Waals surface area contributed by atoms with Gasteiger partial charge in [0.15, 0.2) is 17.8 Å². The van der Waals surface area contributed by atoms with Gasteiger partial charge in [0, 0.05) is 49.8 Å². The van der Waals surface area contributed by atoms with Crippen molar-refractivity contribution in [3.63, 3.8) is 0 Å². The number of nitro benzene ring substituents is 1. The van der Waals surface area contributed by atoms with Gasteiger partial charge in [-0.05, 0) is 115 Å². The van der Waals surface area contributed by atoms with Crippen LogP contribution in [0.1, 0.15) is 77.9 Å². The SMILES string of the molecule is C=CCO[C@@]12Oc3ccc(Oc4ccc(OC)c(C=O)c4)cc3[C@H]3[C@H](CCCCO)[C@@H](CCCCO)C=C(C(=NOCc4ccc([N+](=O)[O-])cc4)C[C@@H]1N(Cc1ccc4c(c1)OCO4)C(=O)OCCCl)[C@H]32. The highest BCUT2D eigenvalue weighted by molar-refractivity contribution is 6.18. The molecule has 18 heteroatoms. The van der Waals surface area contributed by atoms with Gasteiger partial charge in [-0.3, -0.25) is 19.8 Å². The second-order valence-corrected chi connectivity index (χ2v) is 18.1. The predicted molar refractivity (Wildman–Crippen MR) is 261 cm³/mol. The molecule has 71 heavy (non-hydrogen) atoms. The lowest BCUT2D eigenvalue weighted by Crippen LogP contribution is -2.70. The molecule has 4 aromatic carbocycles. The summed E-state index contributed by atoms with van der Waals surface area (Å²) in [6.07, 6.45) is 7.90. The molecule has 1 saturated carbocycles. The molecule has 0 bridgehead atoms. The predicted octanol–water partition coefficient (Wildman–Crippen LogP) is 9.65. The van der Waals surface area contributed by atoms with Crippen LogP contribution in [-0.2, 0) is 27.5 Å². The van der Waals surface area contributed by atoms with Gasteiger partial charge in [-0.2, -0.15) is 0 Å². The number of non-ortho nitro benzene ring substituents is 1. The third-order valence-electron chi connectivity index (χ3n) is 13.5. The van der Waals surface area contributed by atoms with Crippen LogP contribution in [0.25, 0.3) is 0 Å². The molecule has 1 amide bonds. The number of hydrogen-bond donors (Lipinski definition) is 2. The number of ether oxygens (including phenoxy) is 7. The van der Waals surface area contributed by atoms with Crippen molar-refractivity contribution < 1.29 is 62.7 Å². The number of methoxy groups -OCH3 is 1. The van der Waals surface area contributed by atoms with Crippen LogP contribution in [0, 0.1) is 27.9 Å². The first-order valence-electron chi connectivity index (χ1n) is 23.8. The number of allylic oxidation sites excluding steroid dienone is 1. The van der Waals surface area contributed by atoms with Crippen molar-refractivity contribution >= 4 is 35.4 Å². The van der Waals surface area contributed by atoms with Gasteiger partial charge in [0.2, 0.25) is 12.6 Å². The highest BCUT2D eigenvalue weighted by Gasteiger charge is 2.66. The van der Waals surface area contributed by atoms with Gasteiger partial charge in [-0.25, -0.2) is 4.79 Å². The Kier molecular flexibility index (Phi) is 16.8. The lowest BCUT2D eigenvalue weighted by molar-refractivity contribution is -0.384. The number of oxime groups is 1. The first-order chi connectivity index (χ1) is 34.6. The largest absolute Gasteiger partial charge is 0.496 e. The van der Waals surface area contributed by atoms with E-state index in [0.29, 0.717) is 95.3 Å². The lowest BCUT2D eigenvalue weighted by atomic mass is 9.55. The van der Waals surface area contributed by atoms with Gasteiger partial charge in [-0.1, -0.05) is 36.2 Å². The van der Waals surface area contributed by atoms with Crippen molar-refractivity contribution in [1.82, 2.24) is 4.90 Å². The molecule has 17 nitrogen and oxygen atoms in total. The Morgan fingerprint density at radius 2 is 1.69 bits per heavy atom. The Labute approximate surface area is 416 Å². The molecule has 2 aliphatic heterocycles. The molecule has 0 aromatic heterocycles. The van der Waals surface area contributed by atoms with Crippen LogP contribution in [0.3, 0.4) is 0 Å². The molecular weight excluding hydrogens is 938 g/mol. The number of unbranched alkanes of at least 4 members (excludes halogenated alkanes) is 2. The molecule has 0 saturated heterocycles. The number of amides is 1. The van der Waals surface area contributed by atoms with Crippen molar-refractivity contribution in [3.05, 3.63) is 136 Å². The van der Waals surface area contributed by atoms with Crippen LogP contribution in [0.2, 0.25) is 0 Å². The normalized spacial score (nSPS) is 22.0. The number of aliphatic hydroxyl groups excluding tert-OH is 2. The summed E-state index contributed by atoms with van der Waals surface area (Å²) in [5.41, 5.74) is 3.71. The van der Waals surface area contributed by atoms with Crippen LogP contribution >= 0.6 is 11.6 Å². The summed E-state index contributed by atoms with van der Waals surface area (Å²) in [5, 5.41) is 36.4. The van der Waals surface area contributed by atoms with E-state index in [1.165, 1.54) is 19.2 Å². The summed E-state index contributed by atoms with van der Waals surface area (Å²) in [5.74, 6) is 0.0183. The zero-order chi connectivity index (χ0) is 49.9. The molecule has 2 heterocycles. The van der Waals surface area contributed by atoms with Crippen molar-refractivity contribution in [2.75, 3.05) is 46.2 Å². The number of halogens is 1. The Balaban J connectivity index is 1.33. The van der Waals surface area contributed by atoms with Gasteiger partial charge >= 0.3 is 6.09 Å². The third-order valence-corrected chi connectivity index (χ3v) is 13.6. The van der Waals surface area contributed by atoms with E-state index >= 15 is 0 Å². The van der Waals surface area contributed by atoms with E-state index in [2.05, 4.69) is 12.7 Å². The minimum atomic E-state index is -1.63. The standard InChI is InChI=1S/C53H58ClN3O14/c1-3-23-68-53-49(56(52(61)65-24-20-54)30-35-12-17-47-48(25-35)67-33-66-47)29-44(55-69-32-34-10-13-38(14-11-34)57(62)63)42-27-36(8-4-6-21-58)41(9-5-7-22-59)50(51(42)53)43-28-40(16-19-46(43)71-53)70-39-15-18-45(64-2)37(26-39)31-60/h3,10-19,25-28,31,36,41,49-51,58-59H,1,4-9,20-24,29-30,32-33H2,2H3/t36-,41+,49-,50+,51+,53+/m0/s1. The Morgan fingerprint density at radius 1 is 0.958 bits per heavy atom. The number of carbonyl (C=O) groups excluding carboxylic acids is 2. The van der Waals surface area contributed by atoms with E-state index in [0.717, 1.165) is 17.6 Å². The quantitative estimate of drug-likeness (QED) is 0.0167. The maximum Gasteiger partial charge on any atom is 0.410 e. The molecule has 0 radical (unpaired) electrons. The van der Waals surface area contributed by atoms with Crippen LogP contribution < -0.4 is 23.7 Å². The number of aldehydes is 1. The number of nitro groups is 1. The van der Waals surface area contributed by atoms with Gasteiger partial charge in [0.05, 0.1) is 41.7 Å². The molecule has 6 atom stereocenters. The first kappa shape index (κ1) is 50.7. The minimum absolute atomic E-state index is 0.00629. The summed E-state index contributed by atoms with van der Waals surface area (Å²) < 4.78 is 43.6. The Morgan fingerprint density at radius 3 is 2.42 bits per heavy atom. The average molecular weight is 997 g/mol. The Bertz CT molecular complexity index is 2610. The van der Waals surface area contributed by atoms with Gasteiger partial charge in [0.25, 0.3) is 5.69 Å². The minimum Gasteiger partial charge on any atom is -0.496 e. The molecule has 2 aliphatic carbocycles. The van der Waals surface area contributed by atoms with E-state index in [-0.39, 0.29) is 76.2 Å². The number of alkyl halides is 1. The third kappa shape index (κ3) is 11.1. The summed E-state index contributed by atoms with van der Waals surface area (Å²) in [6, 6.07) is 21.1. The van der Waals surface area contributed by atoms with Crippen molar-refractivity contribution in [1.29, 1.82) is 0 Å². The van der Waals surface area contributed by atoms with E-state index in [1.807, 2.05) is 24.3 Å². The number of nitrogens with zero attached hydrogens (tertiary/aromatic N) is 3. The highest BCUT2D eigenvalue weighted by Crippen LogP contribution is 2.62. The fourth-order valence-electron chi connectivity index (χ4n) is 10.4. The molecule has 0 unspecified atom stereocenters. The van der Waals surface area contributed by atoms with E-state index in [4.69, 9.17) is 54.8 Å². The number of rotatable bonds is 24. The number of benzene rings is 4. The van der Waals surface area contributed by atoms with E-state index < -0.39 is 34.7 Å². The smallest absolute Gasteiger partial charge is 0.410 e. The second kappa shape index (κ2) is 23.5. The zero-order valence-corrected chi connectivity index (χ0v) is 40.2. The first-order valence-corrected chi connectivity index (χ1v) is 24.3. The molecule has 2 N–H and O–H groups in total. The maximum absolute atomic E-state index is 14.8. The van der Waals surface area contributed by atoms with Crippen molar-refractivity contribution in [2.45, 2.75) is 75.8 Å². The summed E-state index contributed by atoms with van der Waals surface area (Å²) in [4.78, 5) is 45.5. The number of fused-ring (bicyclic) bond motifs is 3. The fourth-order valence-corrected chi connectivity index (χ4v) is 10.4. The molecule has 4 aliphatic rings. The maximum atomic E-state index is 14.8. The fraction of sp³-hybridized carbons (Fsp3) is 0.415. The van der Waals surface area contributed by atoms with Crippen LogP contribution in [0.4, 0.5) is 10.5 Å². The monoisotopic (exact) mass is 995 g/mol. The lowest BCUT2D eigenvalue weighted by Gasteiger charge is -2.59. The number of aliphatic hydroxyl groups is 2. The van der Waals surface area contributed by atoms with Gasteiger partial charge in [-0.15, -0.1) is 18.2 Å². The van der Waals surface area contributed by atoms with E-state index in [9.17, 15) is 29.9 Å². The van der Waals surface area contributed by atoms with E-state index in [1.54, 1.807) is 53.4 Å². The molecule has 4 aromatic rings. The van der Waals surface area contributed by atoms with Gasteiger partial charge in [0.1, 0.15) is 42.3 Å². The van der Waals surface area contributed by atoms with Crippen LogP contribution in [-0.4, -0.2) is 96.2 Å². The Hall–Kier alpha value is -6.66. The highest BCUT2D eigenvalue weighted by atomic mass is 35.5. The molecule has 8 rings (SSSR count). The van der Waals surface area contributed by atoms with Crippen LogP contribution in [0.5, 0.6) is 34.5 Å². The van der Waals surface area contributed by atoms with Crippen molar-refractivity contribution in [3.8, 4) is 34.5 Å². The van der Waals surface area contributed by atoms with Gasteiger partial charge < -0.3 is 48.2 Å².